The van der Waals surface area contributed by atoms with Gasteiger partial charge in [-0.15, -0.1) is 0 Å². The second-order valence-corrected chi connectivity index (χ2v) is 17.2. The molecule has 350 valence electrons. The van der Waals surface area contributed by atoms with Crippen molar-refractivity contribution in [2.24, 2.45) is 0 Å². The molecule has 5 heterocycles. The lowest BCUT2D eigenvalue weighted by molar-refractivity contribution is 0.669. The molecule has 15 rings (SSSR count). The number of furan rings is 1. The Labute approximate surface area is 457 Å². The monoisotopic (exact) mass is 980 g/mol. The largest absolute Gasteiger partial charge is 0.456 e. The van der Waals surface area contributed by atoms with E-state index in [0.29, 0.717) is 22.2 Å². The second kappa shape index (κ2) is 17.1. The van der Waals surface area contributed by atoms with Crippen molar-refractivity contribution in [2.45, 2.75) is 0 Å². The molecule has 0 amide bonds. The molecule has 0 saturated carbocycles. The highest BCUT2D eigenvalue weighted by Gasteiger charge is 2.25. The normalized spacial score (nSPS) is 15.5. The summed E-state index contributed by atoms with van der Waals surface area (Å²) in [6.45, 7) is 0. The molecule has 9 heteroatoms. The van der Waals surface area contributed by atoms with Crippen LogP contribution in [0.25, 0.3) is 145 Å². The molecule has 9 nitrogen and oxygen atoms in total. The summed E-state index contributed by atoms with van der Waals surface area (Å²) in [6.07, 6.45) is 0. The third-order valence-corrected chi connectivity index (χ3v) is 13.0. The van der Waals surface area contributed by atoms with Gasteiger partial charge in [0, 0.05) is 71.4 Å². The summed E-state index contributed by atoms with van der Waals surface area (Å²) in [4.78, 5) is 28.3. The van der Waals surface area contributed by atoms with E-state index >= 15 is 0 Å². The molecule has 0 spiro atoms. The van der Waals surface area contributed by atoms with Crippen LogP contribution in [0.15, 0.2) is 247 Å². The van der Waals surface area contributed by atoms with E-state index in [1.165, 1.54) is 6.07 Å². The summed E-state index contributed by atoms with van der Waals surface area (Å²) in [5.41, 5.74) is 3.01. The first-order valence-electron chi connectivity index (χ1n) is 33.3. The average Bonchev–Trinajstić information content (AvgIpc) is 1.55. The van der Waals surface area contributed by atoms with Crippen molar-refractivity contribution < 1.29 is 31.8 Å². The minimum Gasteiger partial charge on any atom is -0.456 e. The highest BCUT2D eigenvalue weighted by atomic mass is 16.3. The lowest BCUT2D eigenvalue weighted by Crippen LogP contribution is -2.05. The van der Waals surface area contributed by atoms with Gasteiger partial charge in [0.2, 0.25) is 0 Å². The molecule has 0 N–H and O–H groups in total. The first kappa shape index (κ1) is 26.9. The summed E-state index contributed by atoms with van der Waals surface area (Å²) in [6, 6.07) is 22.5. The lowest BCUT2D eigenvalue weighted by Gasteiger charge is -2.17. The van der Waals surface area contributed by atoms with Crippen molar-refractivity contribution in [3.63, 3.8) is 0 Å². The smallest absolute Gasteiger partial charge is 0.166 e. The van der Waals surface area contributed by atoms with E-state index in [1.807, 2.05) is 102 Å². The van der Waals surface area contributed by atoms with Crippen molar-refractivity contribution in [1.29, 1.82) is 0 Å². The molecule has 15 aromatic rings. The maximum Gasteiger partial charge on any atom is 0.166 e. The molecular formula is C66H40N8O. The van der Waals surface area contributed by atoms with Gasteiger partial charge in [0.1, 0.15) is 11.2 Å². The number of aromatic nitrogens is 8. The Morgan fingerprint density at radius 3 is 1.40 bits per heavy atom. The number of hydrogen-bond acceptors (Lipinski definition) is 7. The minimum atomic E-state index is -0.777. The van der Waals surface area contributed by atoms with E-state index in [-0.39, 0.29) is 22.6 Å². The Balaban J connectivity index is 1.10. The average molecular weight is 981 g/mol. The number of hydrogen-bond donors (Lipinski definition) is 0. The molecule has 10 aromatic carbocycles. The van der Waals surface area contributed by atoms with Gasteiger partial charge in [0.15, 0.2) is 34.9 Å². The van der Waals surface area contributed by atoms with Gasteiger partial charge in [-0.05, 0) is 60.7 Å². The van der Waals surface area contributed by atoms with Crippen molar-refractivity contribution in [1.82, 2.24) is 39.0 Å². The van der Waals surface area contributed by atoms with E-state index in [9.17, 15) is 5.48 Å². The van der Waals surface area contributed by atoms with Crippen LogP contribution in [0, 0.1) is 0 Å². The third kappa shape index (κ3) is 7.01. The van der Waals surface area contributed by atoms with Crippen LogP contribution in [0.4, 0.5) is 0 Å². The van der Waals surface area contributed by atoms with E-state index < -0.39 is 172 Å². The van der Waals surface area contributed by atoms with Crippen molar-refractivity contribution in [2.75, 3.05) is 0 Å². The first-order chi connectivity index (χ1) is 45.5. The van der Waals surface area contributed by atoms with Gasteiger partial charge in [-0.1, -0.05) is 182 Å². The standard InChI is InChI=1S/C66H40N8O/c1-5-19-41(20-6-1)61-67-62(42-21-7-2-8-22-42)70-65(69-61)45-33-36-55(52(39-45)66-71-63(43-23-9-3-10-24-43)68-64(72-66)44-25-11-4-12-26-44)74-53-30-16-13-27-47(53)49-35-37-56-59(60(49)74)50-29-14-17-31-54(50)73(56)46-34-38-58-51(40-46)48-28-15-18-32-57(48)75-58/h1-40H/i1D,2D,3D,4D,5D,6D,7D,8D,9D,10D,11D,12D,19D,20D,21D,22D,23D,24D,25D,26D. The maximum absolute atomic E-state index is 9.19. The summed E-state index contributed by atoms with van der Waals surface area (Å²) in [7, 11) is 0. The summed E-state index contributed by atoms with van der Waals surface area (Å²) >= 11 is 0. The molecule has 0 aliphatic rings. The van der Waals surface area contributed by atoms with Crippen LogP contribution < -0.4 is 0 Å². The highest BCUT2D eigenvalue weighted by molar-refractivity contribution is 6.26. The molecule has 0 bridgehead atoms. The molecule has 0 saturated heterocycles. The number of nitrogens with zero attached hydrogens (tertiary/aromatic N) is 8. The number of fused-ring (bicyclic) bond motifs is 10. The number of benzene rings is 10. The van der Waals surface area contributed by atoms with Crippen LogP contribution in [-0.2, 0) is 0 Å². The minimum absolute atomic E-state index is 0.0211. The van der Waals surface area contributed by atoms with Gasteiger partial charge in [0.25, 0.3) is 0 Å². The fraction of sp³-hybridized carbons (Fsp3) is 0. The zero-order chi connectivity index (χ0) is 66.8. The molecule has 75 heavy (non-hydrogen) atoms. The molecule has 0 atom stereocenters. The molecule has 0 aliphatic heterocycles. The molecule has 0 aliphatic carbocycles. The predicted octanol–water partition coefficient (Wildman–Crippen LogP) is 16.2. The van der Waals surface area contributed by atoms with Gasteiger partial charge >= 0.3 is 0 Å². The SMILES string of the molecule is [2H]c1c([2H])c([2H])c(-c2nc(-c3ccc(-n4c5ccccc5c5ccc6c(c7ccccc7n6-c6ccc7oc8ccccc8c7c6)c54)c(-c4nc(-c5c([2H])c([2H])c([2H])c([2H])c5[2H])nc(-c5c([2H])c([2H])c([2H])c([2H])c5[2H])n4)c3)nc(-c3c([2H])c([2H])c([2H])c([2H])c3[2H])n2)c([2H])c1[2H]. The van der Waals surface area contributed by atoms with Gasteiger partial charge in [-0.2, -0.15) is 0 Å². The van der Waals surface area contributed by atoms with Gasteiger partial charge in [-0.3, -0.25) is 0 Å². The molecular weight excluding hydrogens is 921 g/mol. The Morgan fingerprint density at radius 1 is 0.333 bits per heavy atom. The van der Waals surface area contributed by atoms with Crippen LogP contribution in [0.1, 0.15) is 27.4 Å². The fourth-order valence-corrected chi connectivity index (χ4v) is 9.84. The Hall–Kier alpha value is -10.4. The fourth-order valence-electron chi connectivity index (χ4n) is 9.84. The predicted molar refractivity (Wildman–Crippen MR) is 302 cm³/mol. The van der Waals surface area contributed by atoms with Crippen LogP contribution in [0.2, 0.25) is 0 Å². The van der Waals surface area contributed by atoms with Gasteiger partial charge < -0.3 is 13.6 Å². The van der Waals surface area contributed by atoms with E-state index in [0.717, 1.165) is 49.0 Å². The molecule has 0 radical (unpaired) electrons. The topological polar surface area (TPSA) is 100 Å². The molecule has 0 unspecified atom stereocenters. The van der Waals surface area contributed by atoms with Crippen molar-refractivity contribution >= 4 is 65.6 Å². The van der Waals surface area contributed by atoms with Crippen LogP contribution in [0.3, 0.4) is 0 Å². The van der Waals surface area contributed by atoms with Crippen molar-refractivity contribution in [3.8, 4) is 79.7 Å². The van der Waals surface area contributed by atoms with Crippen LogP contribution in [0.5, 0.6) is 0 Å². The Bertz CT molecular complexity index is 5680. The first-order valence-corrected chi connectivity index (χ1v) is 23.3. The Morgan fingerprint density at radius 2 is 0.813 bits per heavy atom. The van der Waals surface area contributed by atoms with Crippen molar-refractivity contribution in [3.05, 3.63) is 242 Å². The van der Waals surface area contributed by atoms with E-state index in [1.54, 1.807) is 12.1 Å². The number of para-hydroxylation sites is 3. The zero-order valence-corrected chi connectivity index (χ0v) is 38.5. The summed E-state index contributed by atoms with van der Waals surface area (Å²) in [5, 5.41) is 4.86. The number of rotatable bonds is 8. The zero-order valence-electron chi connectivity index (χ0n) is 58.5. The van der Waals surface area contributed by atoms with Gasteiger partial charge in [0.05, 0.1) is 55.2 Å². The Kier molecular flexibility index (Phi) is 6.15. The summed E-state index contributed by atoms with van der Waals surface area (Å²) < 4.78 is 187. The van der Waals surface area contributed by atoms with E-state index in [2.05, 4.69) is 20.6 Å². The van der Waals surface area contributed by atoms with Crippen LogP contribution >= 0.6 is 0 Å². The highest BCUT2D eigenvalue weighted by Crippen LogP contribution is 2.45. The summed E-state index contributed by atoms with van der Waals surface area (Å²) in [5.74, 6) is -3.11. The molecule has 5 aromatic heterocycles. The van der Waals surface area contributed by atoms with Crippen LogP contribution in [-0.4, -0.2) is 39.0 Å². The third-order valence-electron chi connectivity index (χ3n) is 13.0. The second-order valence-electron chi connectivity index (χ2n) is 17.2. The maximum atomic E-state index is 9.19. The van der Waals surface area contributed by atoms with E-state index in [4.69, 9.17) is 46.3 Å². The molecule has 0 fully saturated rings. The van der Waals surface area contributed by atoms with Gasteiger partial charge in [-0.25, -0.2) is 29.9 Å². The quantitative estimate of drug-likeness (QED) is 0.149. The lowest BCUT2D eigenvalue weighted by atomic mass is 10.0.